The van der Waals surface area contributed by atoms with Crippen LogP contribution in [0.15, 0.2) is 0 Å². The van der Waals surface area contributed by atoms with Gasteiger partial charge in [-0.2, -0.15) is 0 Å². The predicted octanol–water partition coefficient (Wildman–Crippen LogP) is 17.4. The van der Waals surface area contributed by atoms with Crippen LogP contribution in [0, 0.1) is 23.7 Å². The normalized spacial score (nSPS) is 15.1. The standard InChI is InChI=1S/C64H124O17P2/c1-9-56(7)42-34-26-17-14-15-19-31-39-47-64(69)81-60(51-75-62(67)45-37-29-23-21-27-35-43-57(8)10-2)53-79-83(72,73)77-49-58(65)48-76-82(70,71)78-52-59(50-74-61(66)44-36-28-22-20-25-33-41-55(5)6)80-63(68)46-38-30-18-13-11-12-16-24-32-40-54(3)4/h54-60,65H,9-53H2,1-8H3,(H,70,71)(H,72,73)/t56?,57?,58-,59-,60-/m1/s1. The highest BCUT2D eigenvalue weighted by Gasteiger charge is 2.30. The Bertz CT molecular complexity index is 1670. The van der Waals surface area contributed by atoms with Crippen LogP contribution in [-0.2, 0) is 65.4 Å². The minimum absolute atomic E-state index is 0.103. The van der Waals surface area contributed by atoms with Crippen LogP contribution >= 0.6 is 15.6 Å². The lowest BCUT2D eigenvalue weighted by molar-refractivity contribution is -0.161. The Morgan fingerprint density at radius 3 is 0.855 bits per heavy atom. The van der Waals surface area contributed by atoms with Gasteiger partial charge in [-0.3, -0.25) is 37.3 Å². The first-order valence-electron chi connectivity index (χ1n) is 33.3. The molecule has 3 N–H and O–H groups in total. The summed E-state index contributed by atoms with van der Waals surface area (Å²) in [5.74, 6) is 0.774. The zero-order valence-electron chi connectivity index (χ0n) is 53.8. The molecule has 0 bridgehead atoms. The van der Waals surface area contributed by atoms with E-state index in [1.807, 2.05) is 0 Å². The molecule has 0 aromatic rings. The summed E-state index contributed by atoms with van der Waals surface area (Å²) in [6.45, 7) is 13.9. The average Bonchev–Trinajstić information content (AvgIpc) is 3.44. The number of phosphoric acid groups is 2. The predicted molar refractivity (Wildman–Crippen MR) is 331 cm³/mol. The Labute approximate surface area is 505 Å². The molecule has 492 valence electrons. The Morgan fingerprint density at radius 2 is 0.578 bits per heavy atom. The van der Waals surface area contributed by atoms with Crippen LogP contribution < -0.4 is 0 Å². The molecule has 0 fully saturated rings. The molecule has 0 rings (SSSR count). The average molecular weight is 1230 g/mol. The molecule has 19 heteroatoms. The molecule has 83 heavy (non-hydrogen) atoms. The van der Waals surface area contributed by atoms with Crippen LogP contribution in [0.1, 0.15) is 306 Å². The van der Waals surface area contributed by atoms with Gasteiger partial charge in [0.25, 0.3) is 0 Å². The van der Waals surface area contributed by atoms with Crippen LogP contribution in [0.2, 0.25) is 0 Å². The SMILES string of the molecule is CCC(C)CCCCCCCCCCC(=O)O[C@H](COC(=O)CCCCCCCCC(C)CC)COP(=O)(O)OC[C@H](O)COP(=O)(O)OC[C@@H](COC(=O)CCCCCCCCC(C)C)OC(=O)CCCCCCCCCCCC(C)C. The second kappa shape index (κ2) is 54.2. The van der Waals surface area contributed by atoms with Crippen molar-refractivity contribution in [3.63, 3.8) is 0 Å². The van der Waals surface area contributed by atoms with Crippen LogP contribution in [0.3, 0.4) is 0 Å². The van der Waals surface area contributed by atoms with E-state index in [2.05, 4.69) is 55.4 Å². The van der Waals surface area contributed by atoms with Gasteiger partial charge in [-0.05, 0) is 49.4 Å². The van der Waals surface area contributed by atoms with E-state index in [1.54, 1.807) is 0 Å². The number of carbonyl (C=O) groups excluding carboxylic acids is 4. The molecule has 0 aliphatic rings. The largest absolute Gasteiger partial charge is 0.472 e. The number of carbonyl (C=O) groups is 4. The van der Waals surface area contributed by atoms with Crippen LogP contribution in [0.25, 0.3) is 0 Å². The number of hydrogen-bond acceptors (Lipinski definition) is 15. The zero-order valence-corrected chi connectivity index (χ0v) is 55.6. The first kappa shape index (κ1) is 81.1. The van der Waals surface area contributed by atoms with Crippen molar-refractivity contribution in [3.8, 4) is 0 Å². The van der Waals surface area contributed by atoms with Gasteiger partial charge in [0.15, 0.2) is 12.2 Å². The number of ether oxygens (including phenoxy) is 4. The lowest BCUT2D eigenvalue weighted by atomic mass is 9.99. The minimum atomic E-state index is -4.95. The van der Waals surface area contributed by atoms with E-state index in [0.29, 0.717) is 31.6 Å². The maximum absolute atomic E-state index is 13.0. The number of phosphoric ester groups is 2. The number of aliphatic hydroxyl groups excluding tert-OH is 1. The summed E-state index contributed by atoms with van der Waals surface area (Å²) in [5, 5.41) is 10.5. The second-order valence-electron chi connectivity index (χ2n) is 24.6. The van der Waals surface area contributed by atoms with Gasteiger partial charge in [-0.25, -0.2) is 9.13 Å². The van der Waals surface area contributed by atoms with E-state index >= 15 is 0 Å². The topological polar surface area (TPSA) is 237 Å². The molecule has 4 unspecified atom stereocenters. The van der Waals surface area contributed by atoms with Gasteiger partial charge >= 0.3 is 39.5 Å². The first-order chi connectivity index (χ1) is 39.7. The van der Waals surface area contributed by atoms with Gasteiger partial charge in [-0.15, -0.1) is 0 Å². The third kappa shape index (κ3) is 56.3. The van der Waals surface area contributed by atoms with Gasteiger partial charge in [0, 0.05) is 25.7 Å². The molecule has 0 aliphatic heterocycles. The highest BCUT2D eigenvalue weighted by atomic mass is 31.2. The van der Waals surface area contributed by atoms with Crippen molar-refractivity contribution in [2.24, 2.45) is 23.7 Å². The number of unbranched alkanes of at least 4 members (excludes halogenated alkanes) is 25. The summed E-state index contributed by atoms with van der Waals surface area (Å²) >= 11 is 0. The Morgan fingerprint density at radius 1 is 0.337 bits per heavy atom. The molecule has 0 radical (unpaired) electrons. The van der Waals surface area contributed by atoms with Crippen molar-refractivity contribution in [1.29, 1.82) is 0 Å². The molecule has 0 saturated carbocycles. The molecular weight excluding hydrogens is 1100 g/mol. The molecule has 0 amide bonds. The van der Waals surface area contributed by atoms with Crippen LogP contribution in [0.4, 0.5) is 0 Å². The van der Waals surface area contributed by atoms with Gasteiger partial charge in [0.1, 0.15) is 19.3 Å². The van der Waals surface area contributed by atoms with E-state index in [4.69, 9.17) is 37.0 Å². The van der Waals surface area contributed by atoms with Gasteiger partial charge in [-0.1, -0.05) is 254 Å². The van der Waals surface area contributed by atoms with Crippen molar-refractivity contribution in [1.82, 2.24) is 0 Å². The third-order valence-electron chi connectivity index (χ3n) is 15.3. The molecule has 0 aromatic carbocycles. The third-order valence-corrected chi connectivity index (χ3v) is 17.2. The maximum atomic E-state index is 13.0. The number of esters is 4. The molecule has 7 atom stereocenters. The fourth-order valence-corrected chi connectivity index (χ4v) is 10.9. The van der Waals surface area contributed by atoms with Crippen molar-refractivity contribution in [2.45, 2.75) is 324 Å². The maximum Gasteiger partial charge on any atom is 0.472 e. The molecule has 0 saturated heterocycles. The lowest BCUT2D eigenvalue weighted by Gasteiger charge is -2.21. The monoisotopic (exact) mass is 1230 g/mol. The Kier molecular flexibility index (Phi) is 53.0. The molecule has 0 aliphatic carbocycles. The Balaban J connectivity index is 5.27. The van der Waals surface area contributed by atoms with Gasteiger partial charge < -0.3 is 33.8 Å². The van der Waals surface area contributed by atoms with Crippen LogP contribution in [0.5, 0.6) is 0 Å². The van der Waals surface area contributed by atoms with Crippen molar-refractivity contribution in [3.05, 3.63) is 0 Å². The first-order valence-corrected chi connectivity index (χ1v) is 36.3. The fourth-order valence-electron chi connectivity index (χ4n) is 9.36. The van der Waals surface area contributed by atoms with Gasteiger partial charge in [0.05, 0.1) is 26.4 Å². The molecule has 0 spiro atoms. The smallest absolute Gasteiger partial charge is 0.462 e. The van der Waals surface area contributed by atoms with E-state index < -0.39 is 97.5 Å². The molecule has 0 aromatic heterocycles. The molecule has 17 nitrogen and oxygen atoms in total. The van der Waals surface area contributed by atoms with Crippen molar-refractivity contribution in [2.75, 3.05) is 39.6 Å². The summed E-state index contributed by atoms with van der Waals surface area (Å²) in [5.41, 5.74) is 0. The van der Waals surface area contributed by atoms with Crippen LogP contribution in [-0.4, -0.2) is 96.7 Å². The fraction of sp³-hybridized carbons (Fsp3) is 0.938. The van der Waals surface area contributed by atoms with E-state index in [0.717, 1.165) is 120 Å². The van der Waals surface area contributed by atoms with E-state index in [-0.39, 0.29) is 25.7 Å². The van der Waals surface area contributed by atoms with Crippen molar-refractivity contribution < 1.29 is 80.2 Å². The summed E-state index contributed by atoms with van der Waals surface area (Å²) in [6, 6.07) is 0. The highest BCUT2D eigenvalue weighted by molar-refractivity contribution is 7.47. The summed E-state index contributed by atoms with van der Waals surface area (Å²) < 4.78 is 68.0. The summed E-state index contributed by atoms with van der Waals surface area (Å²) in [6.07, 6.45) is 33.6. The number of hydrogen-bond donors (Lipinski definition) is 3. The second-order valence-corrected chi connectivity index (χ2v) is 27.5. The van der Waals surface area contributed by atoms with E-state index in [9.17, 15) is 43.2 Å². The van der Waals surface area contributed by atoms with Gasteiger partial charge in [0.2, 0.25) is 0 Å². The molecule has 0 heterocycles. The quantitative estimate of drug-likeness (QED) is 0.0222. The molecular formula is C64H124O17P2. The highest BCUT2D eigenvalue weighted by Crippen LogP contribution is 2.45. The zero-order chi connectivity index (χ0) is 61.8. The summed E-state index contributed by atoms with van der Waals surface area (Å²) in [4.78, 5) is 72.2. The van der Waals surface area contributed by atoms with E-state index in [1.165, 1.54) is 96.3 Å². The van der Waals surface area contributed by atoms with Crippen molar-refractivity contribution >= 4 is 39.5 Å². The number of aliphatic hydroxyl groups is 1. The lowest BCUT2D eigenvalue weighted by Crippen LogP contribution is -2.30. The minimum Gasteiger partial charge on any atom is -0.462 e. The Hall–Kier alpha value is -1.94. The number of rotatable bonds is 61. The summed E-state index contributed by atoms with van der Waals surface area (Å²) in [7, 11) is -9.89.